The highest BCUT2D eigenvalue weighted by Crippen LogP contribution is 2.27. The molecule has 24 heavy (non-hydrogen) atoms. The minimum Gasteiger partial charge on any atom is -0.488 e. The molecule has 2 heterocycles. The lowest BCUT2D eigenvalue weighted by atomic mass is 10.1. The highest BCUT2D eigenvalue weighted by atomic mass is 16.5. The molecule has 1 aliphatic heterocycles. The van der Waals surface area contributed by atoms with E-state index in [1.807, 2.05) is 54.6 Å². The minimum absolute atomic E-state index is 0.159. The Hall–Kier alpha value is -2.79. The Balaban J connectivity index is 1.39. The Morgan fingerprint density at radius 1 is 0.917 bits per heavy atom. The Morgan fingerprint density at radius 2 is 1.62 bits per heavy atom. The molecule has 1 aliphatic rings. The van der Waals surface area contributed by atoms with Gasteiger partial charge in [-0.2, -0.15) is 5.10 Å². The summed E-state index contributed by atoms with van der Waals surface area (Å²) in [5.74, 6) is 2.41. The molecule has 5 heteroatoms. The Labute approximate surface area is 140 Å². The number of ether oxygens (including phenoxy) is 3. The van der Waals surface area contributed by atoms with Crippen molar-refractivity contribution in [1.82, 2.24) is 10.2 Å². The summed E-state index contributed by atoms with van der Waals surface area (Å²) in [5, 5.41) is 6.90. The molecular formula is C19H18N2O3. The third kappa shape index (κ3) is 3.41. The van der Waals surface area contributed by atoms with Gasteiger partial charge in [0.2, 0.25) is 0 Å². The molecule has 1 fully saturated rings. The van der Waals surface area contributed by atoms with E-state index < -0.39 is 0 Å². The summed E-state index contributed by atoms with van der Waals surface area (Å²) in [6, 6.07) is 17.5. The summed E-state index contributed by atoms with van der Waals surface area (Å²) < 4.78 is 17.0. The van der Waals surface area contributed by atoms with Crippen LogP contribution in [0.1, 0.15) is 6.42 Å². The molecule has 0 spiro atoms. The SMILES string of the molecule is c1cc(-c2ccc(Oc3ccc(O[C@@H]4CCOC4)cc3)cc2)[nH]n1. The van der Waals surface area contributed by atoms with E-state index in [2.05, 4.69) is 10.2 Å². The smallest absolute Gasteiger partial charge is 0.127 e. The summed E-state index contributed by atoms with van der Waals surface area (Å²) in [4.78, 5) is 0. The highest BCUT2D eigenvalue weighted by Gasteiger charge is 2.16. The molecule has 0 bridgehead atoms. The number of hydrogen-bond acceptors (Lipinski definition) is 4. The number of aromatic nitrogens is 2. The largest absolute Gasteiger partial charge is 0.488 e. The zero-order valence-electron chi connectivity index (χ0n) is 13.1. The Kier molecular flexibility index (Phi) is 4.16. The van der Waals surface area contributed by atoms with Gasteiger partial charge in [-0.15, -0.1) is 0 Å². The van der Waals surface area contributed by atoms with Crippen molar-refractivity contribution in [2.45, 2.75) is 12.5 Å². The normalized spacial score (nSPS) is 16.9. The van der Waals surface area contributed by atoms with Crippen LogP contribution in [-0.4, -0.2) is 29.5 Å². The molecule has 0 unspecified atom stereocenters. The first-order chi connectivity index (χ1) is 11.9. The van der Waals surface area contributed by atoms with Crippen molar-refractivity contribution in [2.75, 3.05) is 13.2 Å². The van der Waals surface area contributed by atoms with Gasteiger partial charge in [0.1, 0.15) is 23.4 Å². The van der Waals surface area contributed by atoms with Crippen LogP contribution < -0.4 is 9.47 Å². The number of nitrogens with zero attached hydrogens (tertiary/aromatic N) is 1. The fourth-order valence-electron chi connectivity index (χ4n) is 2.64. The van der Waals surface area contributed by atoms with Crippen molar-refractivity contribution >= 4 is 0 Å². The first-order valence-electron chi connectivity index (χ1n) is 7.99. The van der Waals surface area contributed by atoms with Gasteiger partial charge in [-0.3, -0.25) is 5.10 Å². The van der Waals surface area contributed by atoms with Crippen LogP contribution in [0.15, 0.2) is 60.8 Å². The summed E-state index contributed by atoms with van der Waals surface area (Å²) in [5.41, 5.74) is 2.06. The number of rotatable bonds is 5. The molecule has 1 saturated heterocycles. The van der Waals surface area contributed by atoms with E-state index in [1.165, 1.54) is 0 Å². The van der Waals surface area contributed by atoms with Crippen LogP contribution in [0, 0.1) is 0 Å². The van der Waals surface area contributed by atoms with Crippen LogP contribution in [0.5, 0.6) is 17.2 Å². The fourth-order valence-corrected chi connectivity index (χ4v) is 2.64. The monoisotopic (exact) mass is 322 g/mol. The van der Waals surface area contributed by atoms with Gasteiger partial charge < -0.3 is 14.2 Å². The fraction of sp³-hybridized carbons (Fsp3) is 0.211. The topological polar surface area (TPSA) is 56.4 Å². The third-order valence-electron chi connectivity index (χ3n) is 3.92. The third-order valence-corrected chi connectivity index (χ3v) is 3.92. The highest BCUT2D eigenvalue weighted by molar-refractivity contribution is 5.59. The maximum Gasteiger partial charge on any atom is 0.127 e. The number of aromatic amines is 1. The van der Waals surface area contributed by atoms with Crippen molar-refractivity contribution in [3.05, 3.63) is 60.8 Å². The van der Waals surface area contributed by atoms with Crippen molar-refractivity contribution in [3.8, 4) is 28.5 Å². The van der Waals surface area contributed by atoms with E-state index in [1.54, 1.807) is 6.20 Å². The average molecular weight is 322 g/mol. The van der Waals surface area contributed by atoms with E-state index in [9.17, 15) is 0 Å². The maximum absolute atomic E-state index is 5.87. The second-order valence-electron chi connectivity index (χ2n) is 5.67. The van der Waals surface area contributed by atoms with Gasteiger partial charge in [0.15, 0.2) is 0 Å². The van der Waals surface area contributed by atoms with Gasteiger partial charge in [0.25, 0.3) is 0 Å². The molecule has 0 saturated carbocycles. The predicted molar refractivity (Wildman–Crippen MR) is 90.4 cm³/mol. The molecule has 3 aromatic rings. The van der Waals surface area contributed by atoms with Gasteiger partial charge >= 0.3 is 0 Å². The Morgan fingerprint density at radius 3 is 2.25 bits per heavy atom. The molecule has 4 rings (SSSR count). The molecule has 0 radical (unpaired) electrons. The van der Waals surface area contributed by atoms with Crippen molar-refractivity contribution < 1.29 is 14.2 Å². The average Bonchev–Trinajstić information content (AvgIpc) is 3.31. The van der Waals surface area contributed by atoms with Crippen LogP contribution in [-0.2, 0) is 4.74 Å². The minimum atomic E-state index is 0.159. The molecule has 2 aromatic carbocycles. The molecule has 0 aliphatic carbocycles. The van der Waals surface area contributed by atoms with Gasteiger partial charge in [-0.05, 0) is 60.2 Å². The zero-order chi connectivity index (χ0) is 16.2. The van der Waals surface area contributed by atoms with Gasteiger partial charge in [0.05, 0.1) is 18.9 Å². The molecule has 1 aromatic heterocycles. The second kappa shape index (κ2) is 6.76. The van der Waals surface area contributed by atoms with Crippen LogP contribution >= 0.6 is 0 Å². The van der Waals surface area contributed by atoms with Crippen LogP contribution in [0.4, 0.5) is 0 Å². The van der Waals surface area contributed by atoms with E-state index in [-0.39, 0.29) is 6.10 Å². The molecule has 122 valence electrons. The number of nitrogens with one attached hydrogen (secondary N) is 1. The zero-order valence-corrected chi connectivity index (χ0v) is 13.1. The number of hydrogen-bond donors (Lipinski definition) is 1. The first kappa shape index (κ1) is 14.8. The van der Waals surface area contributed by atoms with Gasteiger partial charge in [0, 0.05) is 12.6 Å². The quantitative estimate of drug-likeness (QED) is 0.770. The van der Waals surface area contributed by atoms with E-state index in [0.717, 1.165) is 41.5 Å². The Bertz CT molecular complexity index is 761. The van der Waals surface area contributed by atoms with E-state index >= 15 is 0 Å². The van der Waals surface area contributed by atoms with E-state index in [4.69, 9.17) is 14.2 Å². The lowest BCUT2D eigenvalue weighted by Gasteiger charge is -2.12. The van der Waals surface area contributed by atoms with Crippen LogP contribution in [0.3, 0.4) is 0 Å². The van der Waals surface area contributed by atoms with Gasteiger partial charge in [-0.25, -0.2) is 0 Å². The first-order valence-corrected chi connectivity index (χ1v) is 7.99. The van der Waals surface area contributed by atoms with Gasteiger partial charge in [-0.1, -0.05) is 0 Å². The lowest BCUT2D eigenvalue weighted by Crippen LogP contribution is -2.15. The molecule has 0 amide bonds. The summed E-state index contributed by atoms with van der Waals surface area (Å²) in [6.07, 6.45) is 2.84. The predicted octanol–water partition coefficient (Wildman–Crippen LogP) is 4.04. The number of H-pyrrole nitrogens is 1. The standard InChI is InChI=1S/C19H18N2O3/c1-3-15(4-2-14(1)19-9-11-20-21-19)23-16-5-7-17(8-6-16)24-18-10-12-22-13-18/h1-9,11,18H,10,12-13H2,(H,20,21)/t18-/m1/s1. The molecule has 1 N–H and O–H groups in total. The molecule has 5 nitrogen and oxygen atoms in total. The molecule has 1 atom stereocenters. The van der Waals surface area contributed by atoms with Crippen molar-refractivity contribution in [3.63, 3.8) is 0 Å². The summed E-state index contributed by atoms with van der Waals surface area (Å²) in [7, 11) is 0. The second-order valence-corrected chi connectivity index (χ2v) is 5.67. The van der Waals surface area contributed by atoms with Crippen molar-refractivity contribution in [1.29, 1.82) is 0 Å². The summed E-state index contributed by atoms with van der Waals surface area (Å²) in [6.45, 7) is 1.45. The van der Waals surface area contributed by atoms with Crippen molar-refractivity contribution in [2.24, 2.45) is 0 Å². The number of benzene rings is 2. The lowest BCUT2D eigenvalue weighted by molar-refractivity contribution is 0.141. The van der Waals surface area contributed by atoms with Crippen LogP contribution in [0.2, 0.25) is 0 Å². The summed E-state index contributed by atoms with van der Waals surface area (Å²) >= 11 is 0. The maximum atomic E-state index is 5.87. The van der Waals surface area contributed by atoms with Crippen LogP contribution in [0.25, 0.3) is 11.3 Å². The van der Waals surface area contributed by atoms with E-state index in [0.29, 0.717) is 6.61 Å². The molecular weight excluding hydrogens is 304 g/mol.